The summed E-state index contributed by atoms with van der Waals surface area (Å²) >= 11 is 0. The maximum atomic E-state index is 13.3. The third kappa shape index (κ3) is 2.23. The Morgan fingerprint density at radius 1 is 1.10 bits per heavy atom. The molecule has 0 saturated carbocycles. The summed E-state index contributed by atoms with van der Waals surface area (Å²) in [5.74, 6) is -2.20. The number of nitrogens with one attached hydrogen (secondary N) is 1. The van der Waals surface area contributed by atoms with Crippen molar-refractivity contribution in [3.63, 3.8) is 0 Å². The molecule has 2 aromatic rings. The number of hydrogen-bond acceptors (Lipinski definition) is 2. The van der Waals surface area contributed by atoms with Crippen molar-refractivity contribution < 1.29 is 13.6 Å². The lowest BCUT2D eigenvalue weighted by molar-refractivity contribution is 0.103. The van der Waals surface area contributed by atoms with Crippen LogP contribution in [0.3, 0.4) is 0 Å². The molecule has 1 N–H and O–H groups in total. The lowest BCUT2D eigenvalue weighted by atomic mass is 9.91. The summed E-state index contributed by atoms with van der Waals surface area (Å²) in [6, 6.07) is 8.80. The third-order valence-corrected chi connectivity index (χ3v) is 3.57. The average molecular weight is 273 g/mol. The molecular weight excluding hydrogens is 260 g/mol. The van der Waals surface area contributed by atoms with Crippen LogP contribution in [0.2, 0.25) is 0 Å². The van der Waals surface area contributed by atoms with Gasteiger partial charge in [-0.3, -0.25) is 4.79 Å². The fourth-order valence-electron chi connectivity index (χ4n) is 2.54. The van der Waals surface area contributed by atoms with Gasteiger partial charge < -0.3 is 5.32 Å². The number of fused-ring (bicyclic) bond motifs is 1. The molecule has 0 unspecified atom stereocenters. The van der Waals surface area contributed by atoms with E-state index in [1.165, 1.54) is 6.07 Å². The van der Waals surface area contributed by atoms with Crippen molar-refractivity contribution in [3.8, 4) is 0 Å². The van der Waals surface area contributed by atoms with Crippen LogP contribution >= 0.6 is 0 Å². The summed E-state index contributed by atoms with van der Waals surface area (Å²) in [5, 5.41) is 3.24. The van der Waals surface area contributed by atoms with Crippen LogP contribution in [0.4, 0.5) is 8.78 Å². The van der Waals surface area contributed by atoms with Crippen molar-refractivity contribution in [1.29, 1.82) is 0 Å². The first-order valence-electron chi connectivity index (χ1n) is 6.48. The smallest absolute Gasteiger partial charge is 0.193 e. The van der Waals surface area contributed by atoms with Gasteiger partial charge in [0.25, 0.3) is 0 Å². The highest BCUT2D eigenvalue weighted by molar-refractivity contribution is 6.10. The highest BCUT2D eigenvalue weighted by Crippen LogP contribution is 2.22. The molecule has 0 aromatic heterocycles. The largest absolute Gasteiger partial charge is 0.312 e. The minimum absolute atomic E-state index is 0.177. The second kappa shape index (κ2) is 5.13. The predicted molar refractivity (Wildman–Crippen MR) is 71.6 cm³/mol. The molecule has 20 heavy (non-hydrogen) atoms. The molecule has 1 aliphatic rings. The summed E-state index contributed by atoms with van der Waals surface area (Å²) in [6.45, 7) is 1.54. The molecule has 0 atom stereocenters. The number of carbonyl (C=O) groups excluding carboxylic acids is 1. The van der Waals surface area contributed by atoms with Gasteiger partial charge >= 0.3 is 0 Å². The van der Waals surface area contributed by atoms with Gasteiger partial charge in [0, 0.05) is 17.7 Å². The number of carbonyl (C=O) groups is 1. The summed E-state index contributed by atoms with van der Waals surface area (Å²) in [7, 11) is 0. The fraction of sp³-hybridized carbons (Fsp3) is 0.188. The molecule has 1 heterocycles. The molecule has 2 aromatic carbocycles. The van der Waals surface area contributed by atoms with Gasteiger partial charge in [-0.05, 0) is 42.3 Å². The quantitative estimate of drug-likeness (QED) is 0.852. The summed E-state index contributed by atoms with van der Waals surface area (Å²) in [6.07, 6.45) is 0.765. The van der Waals surface area contributed by atoms with Crippen molar-refractivity contribution in [1.82, 2.24) is 5.32 Å². The van der Waals surface area contributed by atoms with Crippen molar-refractivity contribution in [3.05, 3.63) is 70.3 Å². The lowest BCUT2D eigenvalue weighted by Gasteiger charge is -2.19. The molecule has 0 amide bonds. The normalized spacial score (nSPS) is 13.9. The zero-order chi connectivity index (χ0) is 14.1. The van der Waals surface area contributed by atoms with Crippen molar-refractivity contribution in [2.24, 2.45) is 0 Å². The highest BCUT2D eigenvalue weighted by Gasteiger charge is 2.19. The van der Waals surface area contributed by atoms with E-state index in [1.54, 1.807) is 6.07 Å². The van der Waals surface area contributed by atoms with Crippen LogP contribution in [0, 0.1) is 11.6 Å². The van der Waals surface area contributed by atoms with E-state index < -0.39 is 11.6 Å². The maximum Gasteiger partial charge on any atom is 0.193 e. The summed E-state index contributed by atoms with van der Waals surface area (Å²) in [5.41, 5.74) is 2.84. The molecule has 0 bridgehead atoms. The Bertz CT molecular complexity index is 682. The fourth-order valence-corrected chi connectivity index (χ4v) is 2.54. The molecule has 0 radical (unpaired) electrons. The van der Waals surface area contributed by atoms with Gasteiger partial charge in [0.1, 0.15) is 0 Å². The Morgan fingerprint density at radius 3 is 2.75 bits per heavy atom. The van der Waals surface area contributed by atoms with Gasteiger partial charge in [0.2, 0.25) is 0 Å². The highest BCUT2D eigenvalue weighted by atomic mass is 19.2. The van der Waals surface area contributed by atoms with Gasteiger partial charge in [0.05, 0.1) is 0 Å². The Balaban J connectivity index is 2.04. The van der Waals surface area contributed by atoms with Crippen LogP contribution in [0.25, 0.3) is 0 Å². The molecular formula is C16H13F2NO. The first-order valence-corrected chi connectivity index (χ1v) is 6.48. The molecule has 3 rings (SSSR count). The van der Waals surface area contributed by atoms with Gasteiger partial charge in [-0.1, -0.05) is 18.2 Å². The number of halogens is 2. The van der Waals surface area contributed by atoms with Crippen LogP contribution in [0.15, 0.2) is 36.4 Å². The minimum Gasteiger partial charge on any atom is -0.312 e. The first kappa shape index (κ1) is 12.9. The van der Waals surface area contributed by atoms with Gasteiger partial charge in [-0.25, -0.2) is 8.78 Å². The molecule has 0 spiro atoms. The molecule has 1 aliphatic heterocycles. The van der Waals surface area contributed by atoms with Crippen LogP contribution in [0.5, 0.6) is 0 Å². The van der Waals surface area contributed by atoms with E-state index in [9.17, 15) is 13.6 Å². The molecule has 102 valence electrons. The van der Waals surface area contributed by atoms with Crippen LogP contribution < -0.4 is 5.32 Å². The molecule has 0 aliphatic carbocycles. The SMILES string of the molecule is O=C(c1ccc(F)c(F)c1)c1cccc2c1CCNC2. The summed E-state index contributed by atoms with van der Waals surface area (Å²) in [4.78, 5) is 12.5. The number of rotatable bonds is 2. The Hall–Kier alpha value is -2.07. The molecule has 2 nitrogen and oxygen atoms in total. The summed E-state index contributed by atoms with van der Waals surface area (Å²) < 4.78 is 26.2. The van der Waals surface area contributed by atoms with E-state index in [1.807, 2.05) is 12.1 Å². The van der Waals surface area contributed by atoms with Gasteiger partial charge in [0.15, 0.2) is 17.4 Å². The van der Waals surface area contributed by atoms with Crippen molar-refractivity contribution >= 4 is 5.78 Å². The Morgan fingerprint density at radius 2 is 1.95 bits per heavy atom. The van der Waals surface area contributed by atoms with Crippen molar-refractivity contribution in [2.45, 2.75) is 13.0 Å². The van der Waals surface area contributed by atoms with Crippen LogP contribution in [-0.4, -0.2) is 12.3 Å². The zero-order valence-corrected chi connectivity index (χ0v) is 10.7. The van der Waals surface area contributed by atoms with E-state index >= 15 is 0 Å². The number of benzene rings is 2. The molecule has 4 heteroatoms. The third-order valence-electron chi connectivity index (χ3n) is 3.57. The second-order valence-corrected chi connectivity index (χ2v) is 4.83. The minimum atomic E-state index is -0.998. The first-order chi connectivity index (χ1) is 9.66. The topological polar surface area (TPSA) is 29.1 Å². The maximum absolute atomic E-state index is 13.3. The number of hydrogen-bond donors (Lipinski definition) is 1. The van der Waals surface area contributed by atoms with E-state index in [-0.39, 0.29) is 11.3 Å². The van der Waals surface area contributed by atoms with E-state index in [4.69, 9.17) is 0 Å². The average Bonchev–Trinajstić information content (AvgIpc) is 2.49. The lowest BCUT2D eigenvalue weighted by Crippen LogP contribution is -2.25. The van der Waals surface area contributed by atoms with Gasteiger partial charge in [-0.2, -0.15) is 0 Å². The Kier molecular flexibility index (Phi) is 3.32. The second-order valence-electron chi connectivity index (χ2n) is 4.83. The predicted octanol–water partition coefficient (Wildman–Crippen LogP) is 2.84. The van der Waals surface area contributed by atoms with E-state index in [0.29, 0.717) is 5.56 Å². The van der Waals surface area contributed by atoms with Crippen LogP contribution in [0.1, 0.15) is 27.0 Å². The molecule has 0 fully saturated rings. The monoisotopic (exact) mass is 273 g/mol. The number of ketones is 1. The van der Waals surface area contributed by atoms with Crippen LogP contribution in [-0.2, 0) is 13.0 Å². The van der Waals surface area contributed by atoms with E-state index in [2.05, 4.69) is 5.32 Å². The Labute approximate surface area is 115 Å². The zero-order valence-electron chi connectivity index (χ0n) is 10.7. The molecule has 0 saturated heterocycles. The van der Waals surface area contributed by atoms with E-state index in [0.717, 1.165) is 42.8 Å². The van der Waals surface area contributed by atoms with Crippen molar-refractivity contribution in [2.75, 3.05) is 6.54 Å². The van der Waals surface area contributed by atoms with Gasteiger partial charge in [-0.15, -0.1) is 0 Å². The standard InChI is InChI=1S/C16H13F2NO/c17-14-5-4-10(8-15(14)18)16(20)13-3-1-2-11-9-19-7-6-12(11)13/h1-5,8,19H,6-7,9H2.